The fourth-order valence-electron chi connectivity index (χ4n) is 6.76. The molecule has 0 saturated heterocycles. The summed E-state index contributed by atoms with van der Waals surface area (Å²) in [6.45, 7) is 25.0. The van der Waals surface area contributed by atoms with E-state index in [2.05, 4.69) is 55.4 Å². The van der Waals surface area contributed by atoms with Crippen LogP contribution in [0.15, 0.2) is 0 Å². The summed E-state index contributed by atoms with van der Waals surface area (Å²) in [4.78, 5) is 23.2. The lowest BCUT2D eigenvalue weighted by molar-refractivity contribution is -0.142. The first-order chi connectivity index (χ1) is 18.4. The van der Waals surface area contributed by atoms with Gasteiger partial charge in [0.1, 0.15) is 17.1 Å². The first-order valence-corrected chi connectivity index (χ1v) is 15.6. The van der Waals surface area contributed by atoms with E-state index in [0.29, 0.717) is 22.5 Å². The maximum absolute atomic E-state index is 12.3. The number of fused-ring (bicyclic) bond motifs is 1. The monoisotopic (exact) mass is 558 g/mol. The van der Waals surface area contributed by atoms with Crippen LogP contribution >= 0.6 is 0 Å². The van der Waals surface area contributed by atoms with Crippen LogP contribution in [-0.4, -0.2) is 22.6 Å². The Bertz CT molecular complexity index is 1040. The molecular weight excluding hydrogens is 500 g/mol. The van der Waals surface area contributed by atoms with Crippen LogP contribution < -0.4 is 9.47 Å². The van der Waals surface area contributed by atoms with Crippen LogP contribution in [0.5, 0.6) is 11.5 Å². The number of ether oxygens (including phenoxy) is 2. The molecule has 0 aliphatic carbocycles. The minimum atomic E-state index is -1.00. The maximum atomic E-state index is 12.3. The van der Waals surface area contributed by atoms with Crippen molar-refractivity contribution in [2.24, 2.45) is 22.7 Å². The SMILES string of the molecule is CCC(C)(CC[C@]1(C)CCc2c(C)c(OC(=O)CCC(=O)O)c(C)c(C)c2O1)C[C@H](C)CCC(C)(C)CC(C)C. The lowest BCUT2D eigenvalue weighted by atomic mass is 9.71. The van der Waals surface area contributed by atoms with Crippen molar-refractivity contribution in [3.63, 3.8) is 0 Å². The zero-order valence-electron chi connectivity index (χ0n) is 27.5. The molecular formula is C35H58O5. The predicted molar refractivity (Wildman–Crippen MR) is 164 cm³/mol. The number of carboxylic acids is 1. The van der Waals surface area contributed by atoms with Crippen molar-refractivity contribution >= 4 is 11.9 Å². The first-order valence-electron chi connectivity index (χ1n) is 15.6. The fourth-order valence-corrected chi connectivity index (χ4v) is 6.76. The summed E-state index contributed by atoms with van der Waals surface area (Å²) in [5.74, 6) is 1.44. The highest BCUT2D eigenvalue weighted by atomic mass is 16.5. The first kappa shape index (κ1) is 34.2. The molecule has 0 bridgehead atoms. The summed E-state index contributed by atoms with van der Waals surface area (Å²) in [7, 11) is 0. The molecule has 0 radical (unpaired) electrons. The molecule has 0 amide bonds. The molecule has 0 spiro atoms. The Labute approximate surface area is 244 Å². The molecule has 1 unspecified atom stereocenters. The Balaban J connectivity index is 2.09. The Hall–Kier alpha value is -2.04. The molecule has 2 rings (SSSR count). The van der Waals surface area contributed by atoms with Gasteiger partial charge in [-0.1, -0.05) is 61.3 Å². The molecule has 1 heterocycles. The van der Waals surface area contributed by atoms with Gasteiger partial charge >= 0.3 is 11.9 Å². The Morgan fingerprint density at radius 2 is 1.65 bits per heavy atom. The smallest absolute Gasteiger partial charge is 0.311 e. The van der Waals surface area contributed by atoms with Gasteiger partial charge in [0.25, 0.3) is 0 Å². The van der Waals surface area contributed by atoms with E-state index < -0.39 is 11.9 Å². The molecule has 1 aromatic rings. The zero-order chi connectivity index (χ0) is 30.5. The number of carbonyl (C=O) groups excluding carboxylic acids is 1. The minimum absolute atomic E-state index is 0.135. The van der Waals surface area contributed by atoms with Crippen LogP contribution in [0.3, 0.4) is 0 Å². The Morgan fingerprint density at radius 3 is 2.23 bits per heavy atom. The van der Waals surface area contributed by atoms with Gasteiger partial charge in [-0.05, 0) is 112 Å². The Morgan fingerprint density at radius 1 is 1.00 bits per heavy atom. The lowest BCUT2D eigenvalue weighted by Crippen LogP contribution is -2.38. The van der Waals surface area contributed by atoms with Crippen molar-refractivity contribution in [3.05, 3.63) is 22.3 Å². The molecule has 228 valence electrons. The molecule has 40 heavy (non-hydrogen) atoms. The molecule has 0 fully saturated rings. The second kappa shape index (κ2) is 13.7. The van der Waals surface area contributed by atoms with Crippen molar-refractivity contribution in [1.82, 2.24) is 0 Å². The lowest BCUT2D eigenvalue weighted by Gasteiger charge is -2.41. The Kier molecular flexibility index (Phi) is 11.7. The van der Waals surface area contributed by atoms with E-state index >= 15 is 0 Å². The second-order valence-corrected chi connectivity index (χ2v) is 14.7. The van der Waals surface area contributed by atoms with Gasteiger partial charge in [0.2, 0.25) is 0 Å². The van der Waals surface area contributed by atoms with Gasteiger partial charge in [-0.3, -0.25) is 9.59 Å². The fraction of sp³-hybridized carbons (Fsp3) is 0.771. The van der Waals surface area contributed by atoms with E-state index in [4.69, 9.17) is 14.6 Å². The summed E-state index contributed by atoms with van der Waals surface area (Å²) in [6.07, 6.45) is 9.89. The quantitative estimate of drug-likeness (QED) is 0.171. The topological polar surface area (TPSA) is 72.8 Å². The molecule has 5 nitrogen and oxygen atoms in total. The number of carboxylic acid groups (broad SMARTS) is 1. The van der Waals surface area contributed by atoms with Crippen LogP contribution in [-0.2, 0) is 16.0 Å². The summed E-state index contributed by atoms with van der Waals surface area (Å²) < 4.78 is 12.5. The van der Waals surface area contributed by atoms with E-state index in [1.54, 1.807) is 0 Å². The third kappa shape index (κ3) is 9.52. The predicted octanol–water partition coefficient (Wildman–Crippen LogP) is 9.54. The number of benzene rings is 1. The minimum Gasteiger partial charge on any atom is -0.487 e. The highest BCUT2D eigenvalue weighted by Crippen LogP contribution is 2.47. The maximum Gasteiger partial charge on any atom is 0.311 e. The van der Waals surface area contributed by atoms with Gasteiger partial charge in [-0.2, -0.15) is 0 Å². The molecule has 3 atom stereocenters. The third-order valence-electron chi connectivity index (χ3n) is 9.55. The molecule has 1 N–H and O–H groups in total. The average molecular weight is 559 g/mol. The number of hydrogen-bond acceptors (Lipinski definition) is 4. The van der Waals surface area contributed by atoms with E-state index in [9.17, 15) is 9.59 Å². The third-order valence-corrected chi connectivity index (χ3v) is 9.55. The molecule has 1 aromatic carbocycles. The van der Waals surface area contributed by atoms with Gasteiger partial charge < -0.3 is 14.6 Å². The van der Waals surface area contributed by atoms with Gasteiger partial charge in [0, 0.05) is 5.56 Å². The summed E-state index contributed by atoms with van der Waals surface area (Å²) in [5.41, 5.74) is 4.40. The van der Waals surface area contributed by atoms with Crippen molar-refractivity contribution in [1.29, 1.82) is 0 Å². The van der Waals surface area contributed by atoms with Gasteiger partial charge in [-0.25, -0.2) is 0 Å². The van der Waals surface area contributed by atoms with Crippen molar-refractivity contribution < 1.29 is 24.2 Å². The molecule has 1 aliphatic heterocycles. The van der Waals surface area contributed by atoms with Crippen molar-refractivity contribution in [2.75, 3.05) is 0 Å². The summed E-state index contributed by atoms with van der Waals surface area (Å²) in [6, 6.07) is 0. The summed E-state index contributed by atoms with van der Waals surface area (Å²) in [5, 5.41) is 8.90. The van der Waals surface area contributed by atoms with Crippen LogP contribution in [0.1, 0.15) is 142 Å². The number of esters is 1. The van der Waals surface area contributed by atoms with Crippen LogP contribution in [0.4, 0.5) is 0 Å². The van der Waals surface area contributed by atoms with E-state index in [-0.39, 0.29) is 18.4 Å². The number of hydrogen-bond donors (Lipinski definition) is 1. The van der Waals surface area contributed by atoms with E-state index in [1.807, 2.05) is 20.8 Å². The number of aliphatic carboxylic acids is 1. The van der Waals surface area contributed by atoms with Crippen LogP contribution in [0.2, 0.25) is 0 Å². The highest BCUT2D eigenvalue weighted by molar-refractivity contribution is 5.79. The molecule has 1 aliphatic rings. The highest BCUT2D eigenvalue weighted by Gasteiger charge is 2.37. The molecule has 5 heteroatoms. The standard InChI is InChI=1S/C35H58O5/c1-12-34(10,22-24(4)15-17-33(8,9)21-23(2)3)19-20-35(11)18-16-28-27(7)31(25(5)26(6)32(28)40-35)39-30(38)14-13-29(36)37/h23-24H,12-22H2,1-11H3,(H,36,37)/t24-,34?,35+/m1/s1. The molecule has 0 saturated carbocycles. The van der Waals surface area contributed by atoms with Crippen LogP contribution in [0, 0.1) is 43.4 Å². The van der Waals surface area contributed by atoms with Crippen molar-refractivity contribution in [3.8, 4) is 11.5 Å². The van der Waals surface area contributed by atoms with Gasteiger partial charge in [-0.15, -0.1) is 0 Å². The molecule has 0 aromatic heterocycles. The van der Waals surface area contributed by atoms with Crippen LogP contribution in [0.25, 0.3) is 0 Å². The average Bonchev–Trinajstić information content (AvgIpc) is 2.85. The van der Waals surface area contributed by atoms with Gasteiger partial charge in [0.15, 0.2) is 0 Å². The number of carbonyl (C=O) groups is 2. The second-order valence-electron chi connectivity index (χ2n) is 14.7. The van der Waals surface area contributed by atoms with E-state index in [0.717, 1.165) is 59.6 Å². The number of rotatable bonds is 15. The van der Waals surface area contributed by atoms with Gasteiger partial charge in [0.05, 0.1) is 12.8 Å². The summed E-state index contributed by atoms with van der Waals surface area (Å²) >= 11 is 0. The van der Waals surface area contributed by atoms with E-state index in [1.165, 1.54) is 32.1 Å². The van der Waals surface area contributed by atoms with Crippen molar-refractivity contribution in [2.45, 2.75) is 152 Å². The normalized spacial score (nSPS) is 19.5. The largest absolute Gasteiger partial charge is 0.487 e. The zero-order valence-corrected chi connectivity index (χ0v) is 27.5.